The summed E-state index contributed by atoms with van der Waals surface area (Å²) in [6, 6.07) is 13.2. The molecule has 4 rings (SSSR count). The van der Waals surface area contributed by atoms with E-state index < -0.39 is 57.1 Å². The SMILES string of the molecule is CC(NC(=O)C1(NC(=O)C(F)(F)F)CC1)c1ccc(-c2cccc(F)c2OS(=O)(=O)c2ccccc2)cc1F. The lowest BCUT2D eigenvalue weighted by Gasteiger charge is -2.22. The van der Waals surface area contributed by atoms with Gasteiger partial charge in [0.1, 0.15) is 16.3 Å². The number of halogens is 5. The number of amides is 2. The Morgan fingerprint density at radius 2 is 1.62 bits per heavy atom. The van der Waals surface area contributed by atoms with Crippen molar-refractivity contribution in [3.8, 4) is 16.9 Å². The van der Waals surface area contributed by atoms with Crippen molar-refractivity contribution in [2.24, 2.45) is 0 Å². The van der Waals surface area contributed by atoms with Crippen molar-refractivity contribution < 1.29 is 44.1 Å². The molecule has 2 amide bonds. The molecule has 1 saturated carbocycles. The normalized spacial score (nSPS) is 15.2. The van der Waals surface area contributed by atoms with Gasteiger partial charge in [-0.15, -0.1) is 0 Å². The zero-order valence-corrected chi connectivity index (χ0v) is 21.0. The van der Waals surface area contributed by atoms with E-state index in [4.69, 9.17) is 4.18 Å². The molecule has 0 spiro atoms. The molecule has 0 aromatic heterocycles. The lowest BCUT2D eigenvalue weighted by atomic mass is 9.99. The summed E-state index contributed by atoms with van der Waals surface area (Å²) in [7, 11) is -4.42. The number of benzene rings is 3. The highest BCUT2D eigenvalue weighted by Crippen LogP contribution is 2.38. The van der Waals surface area contributed by atoms with Crippen LogP contribution in [0.4, 0.5) is 22.0 Å². The largest absolute Gasteiger partial charge is 0.471 e. The highest BCUT2D eigenvalue weighted by Gasteiger charge is 2.55. The fourth-order valence-corrected chi connectivity index (χ4v) is 4.82. The van der Waals surface area contributed by atoms with E-state index in [0.717, 1.165) is 12.1 Å². The fraction of sp³-hybridized carbons (Fsp3) is 0.231. The quantitative estimate of drug-likeness (QED) is 0.301. The van der Waals surface area contributed by atoms with Crippen LogP contribution in [0.5, 0.6) is 5.75 Å². The summed E-state index contributed by atoms with van der Waals surface area (Å²) in [5.41, 5.74) is -1.79. The Morgan fingerprint density at radius 3 is 2.21 bits per heavy atom. The second-order valence-corrected chi connectivity index (χ2v) is 10.5. The summed E-state index contributed by atoms with van der Waals surface area (Å²) in [6.07, 6.45) is -5.19. The van der Waals surface area contributed by atoms with Crippen LogP contribution in [-0.4, -0.2) is 31.9 Å². The smallest absolute Gasteiger partial charge is 0.375 e. The summed E-state index contributed by atoms with van der Waals surface area (Å²) in [5, 5.41) is 4.08. The Kier molecular flexibility index (Phi) is 7.39. The Morgan fingerprint density at radius 1 is 0.949 bits per heavy atom. The fourth-order valence-electron chi connectivity index (χ4n) is 3.85. The Labute approximate surface area is 220 Å². The molecule has 0 bridgehead atoms. The molecule has 3 aromatic rings. The number of carbonyl (C=O) groups is 2. The van der Waals surface area contributed by atoms with Crippen LogP contribution < -0.4 is 14.8 Å². The third-order valence-corrected chi connectivity index (χ3v) is 7.35. The number of hydrogen-bond acceptors (Lipinski definition) is 5. The van der Waals surface area contributed by atoms with Crippen molar-refractivity contribution in [2.75, 3.05) is 0 Å². The minimum absolute atomic E-state index is 0.0109. The van der Waals surface area contributed by atoms with E-state index in [1.54, 1.807) is 11.4 Å². The van der Waals surface area contributed by atoms with Gasteiger partial charge in [0.25, 0.3) is 0 Å². The predicted molar refractivity (Wildman–Crippen MR) is 129 cm³/mol. The third kappa shape index (κ3) is 6.03. The zero-order chi connectivity index (χ0) is 28.6. The van der Waals surface area contributed by atoms with Crippen LogP contribution in [0.2, 0.25) is 0 Å². The lowest BCUT2D eigenvalue weighted by molar-refractivity contribution is -0.175. The second-order valence-electron chi connectivity index (χ2n) is 8.93. The maximum absolute atomic E-state index is 15.1. The molecule has 0 heterocycles. The molecular formula is C26H21F5N2O5S. The molecule has 1 fully saturated rings. The van der Waals surface area contributed by atoms with Gasteiger partial charge in [0, 0.05) is 11.1 Å². The van der Waals surface area contributed by atoms with Gasteiger partial charge in [-0.3, -0.25) is 9.59 Å². The van der Waals surface area contributed by atoms with E-state index in [1.165, 1.54) is 55.5 Å². The molecule has 13 heteroatoms. The molecule has 2 N–H and O–H groups in total. The molecule has 206 valence electrons. The van der Waals surface area contributed by atoms with Crippen molar-refractivity contribution in [2.45, 2.75) is 42.4 Å². The first-order chi connectivity index (χ1) is 18.2. The van der Waals surface area contributed by atoms with Crippen LogP contribution in [0.1, 0.15) is 31.4 Å². The highest BCUT2D eigenvalue weighted by molar-refractivity contribution is 7.87. The van der Waals surface area contributed by atoms with Gasteiger partial charge in [0.05, 0.1) is 6.04 Å². The predicted octanol–water partition coefficient (Wildman–Crippen LogP) is 4.79. The van der Waals surface area contributed by atoms with Gasteiger partial charge < -0.3 is 14.8 Å². The molecule has 0 saturated heterocycles. The van der Waals surface area contributed by atoms with Crippen LogP contribution in [-0.2, 0) is 19.7 Å². The summed E-state index contributed by atoms with van der Waals surface area (Å²) in [4.78, 5) is 23.6. The average Bonchev–Trinajstić information content (AvgIpc) is 3.65. The zero-order valence-electron chi connectivity index (χ0n) is 20.2. The standard InChI is InChI=1S/C26H21F5N2O5S/c1-15(32-23(34)25(12-13-25)33-24(35)26(29,30)31)18-11-10-16(14-21(18)28)19-8-5-9-20(27)22(19)38-39(36,37)17-6-3-2-4-7-17/h2-11,14-15H,12-13H2,1H3,(H,32,34)(H,33,35). The van der Waals surface area contributed by atoms with Crippen molar-refractivity contribution in [1.29, 1.82) is 0 Å². The van der Waals surface area contributed by atoms with Crippen molar-refractivity contribution in [3.05, 3.63) is 83.9 Å². The van der Waals surface area contributed by atoms with E-state index in [9.17, 15) is 35.6 Å². The van der Waals surface area contributed by atoms with Gasteiger partial charge in [-0.2, -0.15) is 21.6 Å². The monoisotopic (exact) mass is 568 g/mol. The van der Waals surface area contributed by atoms with E-state index in [-0.39, 0.29) is 34.4 Å². The molecule has 39 heavy (non-hydrogen) atoms. The van der Waals surface area contributed by atoms with Gasteiger partial charge in [0.15, 0.2) is 11.6 Å². The number of rotatable bonds is 8. The summed E-state index contributed by atoms with van der Waals surface area (Å²) >= 11 is 0. The van der Waals surface area contributed by atoms with E-state index in [2.05, 4.69) is 5.32 Å². The Balaban J connectivity index is 1.55. The number of carbonyl (C=O) groups excluding carboxylic acids is 2. The van der Waals surface area contributed by atoms with E-state index in [0.29, 0.717) is 0 Å². The first-order valence-electron chi connectivity index (χ1n) is 11.5. The van der Waals surface area contributed by atoms with Crippen molar-refractivity contribution >= 4 is 21.9 Å². The minimum atomic E-state index is -5.16. The Bertz CT molecular complexity index is 1520. The summed E-state index contributed by atoms with van der Waals surface area (Å²) in [5.74, 6) is -5.67. The first kappa shape index (κ1) is 28.0. The maximum atomic E-state index is 15.1. The molecule has 1 aliphatic carbocycles. The highest BCUT2D eigenvalue weighted by atomic mass is 32.2. The summed E-state index contributed by atoms with van der Waals surface area (Å²) < 4.78 is 98.0. The van der Waals surface area contributed by atoms with Gasteiger partial charge in [0.2, 0.25) is 5.91 Å². The topological polar surface area (TPSA) is 102 Å². The Hall–Kier alpha value is -4.00. The molecule has 0 aliphatic heterocycles. The van der Waals surface area contributed by atoms with Crippen molar-refractivity contribution in [3.63, 3.8) is 0 Å². The van der Waals surface area contributed by atoms with Gasteiger partial charge in [-0.25, -0.2) is 8.78 Å². The molecular weight excluding hydrogens is 547 g/mol. The van der Waals surface area contributed by atoms with E-state index in [1.807, 2.05) is 0 Å². The maximum Gasteiger partial charge on any atom is 0.471 e. The van der Waals surface area contributed by atoms with Crippen LogP contribution in [0.3, 0.4) is 0 Å². The molecule has 1 aliphatic rings. The number of hydrogen-bond donors (Lipinski definition) is 2. The molecule has 7 nitrogen and oxygen atoms in total. The number of nitrogens with one attached hydrogen (secondary N) is 2. The minimum Gasteiger partial charge on any atom is -0.375 e. The van der Waals surface area contributed by atoms with E-state index >= 15 is 4.39 Å². The lowest BCUT2D eigenvalue weighted by Crippen LogP contribution is -2.53. The summed E-state index contributed by atoms with van der Waals surface area (Å²) in [6.45, 7) is 1.39. The first-order valence-corrected chi connectivity index (χ1v) is 12.9. The van der Waals surface area contributed by atoms with Crippen LogP contribution >= 0.6 is 0 Å². The molecule has 3 aromatic carbocycles. The number of para-hydroxylation sites is 1. The molecule has 1 atom stereocenters. The number of alkyl halides is 3. The molecule has 0 radical (unpaired) electrons. The van der Waals surface area contributed by atoms with Gasteiger partial charge in [-0.1, -0.05) is 42.5 Å². The van der Waals surface area contributed by atoms with Crippen molar-refractivity contribution in [1.82, 2.24) is 10.6 Å². The van der Waals surface area contributed by atoms with Crippen LogP contribution in [0.15, 0.2) is 71.6 Å². The third-order valence-electron chi connectivity index (χ3n) is 6.11. The van der Waals surface area contributed by atoms with Gasteiger partial charge >= 0.3 is 22.2 Å². The molecule has 1 unspecified atom stereocenters. The average molecular weight is 569 g/mol. The second kappa shape index (κ2) is 10.3. The van der Waals surface area contributed by atoms with Crippen LogP contribution in [0.25, 0.3) is 11.1 Å². The van der Waals surface area contributed by atoms with Gasteiger partial charge in [-0.05, 0) is 49.6 Å². The van der Waals surface area contributed by atoms with Crippen LogP contribution in [0, 0.1) is 11.6 Å².